The van der Waals surface area contributed by atoms with Crippen molar-refractivity contribution in [3.63, 3.8) is 0 Å². The van der Waals surface area contributed by atoms with Crippen molar-refractivity contribution >= 4 is 11.9 Å². The first-order valence-corrected chi connectivity index (χ1v) is 8.36. The van der Waals surface area contributed by atoms with Crippen LogP contribution in [-0.4, -0.2) is 59.1 Å². The molecule has 0 radical (unpaired) electrons. The molecule has 1 amide bonds. The fourth-order valence-electron chi connectivity index (χ4n) is 3.39. The van der Waals surface area contributed by atoms with Gasteiger partial charge < -0.3 is 19.6 Å². The number of likely N-dealkylation sites (tertiary alicyclic amines) is 1. The molecular formula is C18H21N3O4. The van der Waals surface area contributed by atoms with E-state index >= 15 is 0 Å². The molecule has 0 bridgehead atoms. The van der Waals surface area contributed by atoms with Crippen LogP contribution in [0.1, 0.15) is 41.7 Å². The third kappa shape index (κ3) is 3.17. The topological polar surface area (TPSA) is 93.9 Å². The number of nitrogens with zero attached hydrogens (tertiary/aromatic N) is 3. The molecule has 1 aromatic carbocycles. The Balaban J connectivity index is 1.84. The van der Waals surface area contributed by atoms with E-state index in [1.807, 2.05) is 0 Å². The van der Waals surface area contributed by atoms with Crippen molar-refractivity contribution < 1.29 is 19.4 Å². The predicted molar refractivity (Wildman–Crippen MR) is 89.2 cm³/mol. The molecule has 132 valence electrons. The lowest BCUT2D eigenvalue weighted by Gasteiger charge is -2.29. The van der Waals surface area contributed by atoms with Gasteiger partial charge in [0, 0.05) is 24.2 Å². The summed E-state index contributed by atoms with van der Waals surface area (Å²) in [6.45, 7) is 3.35. The number of rotatable bonds is 4. The van der Waals surface area contributed by atoms with Gasteiger partial charge >= 0.3 is 5.97 Å². The van der Waals surface area contributed by atoms with Crippen LogP contribution in [-0.2, 0) is 4.79 Å². The van der Waals surface area contributed by atoms with Crippen LogP contribution in [0.25, 0.3) is 0 Å². The summed E-state index contributed by atoms with van der Waals surface area (Å²) in [5, 5.41) is 18.7. The number of carbonyl (C=O) groups excluding carboxylic acids is 1. The van der Waals surface area contributed by atoms with Gasteiger partial charge in [0.15, 0.2) is 0 Å². The first-order chi connectivity index (χ1) is 11.9. The van der Waals surface area contributed by atoms with Gasteiger partial charge in [0.2, 0.25) is 0 Å². The van der Waals surface area contributed by atoms with E-state index in [2.05, 4.69) is 18.0 Å². The Morgan fingerprint density at radius 1 is 1.40 bits per heavy atom. The van der Waals surface area contributed by atoms with Gasteiger partial charge in [0.1, 0.15) is 23.9 Å². The van der Waals surface area contributed by atoms with Crippen molar-refractivity contribution in [3.05, 3.63) is 29.3 Å². The van der Waals surface area contributed by atoms with Gasteiger partial charge in [0.25, 0.3) is 5.91 Å². The number of aliphatic carboxylic acids is 1. The number of hydrogen-bond donors (Lipinski definition) is 1. The number of carbonyl (C=O) groups is 2. The summed E-state index contributed by atoms with van der Waals surface area (Å²) in [6.07, 6.45) is 1.97. The maximum absolute atomic E-state index is 12.5. The summed E-state index contributed by atoms with van der Waals surface area (Å²) in [4.78, 5) is 27.1. The van der Waals surface area contributed by atoms with Crippen LogP contribution in [0.4, 0.5) is 0 Å². The highest BCUT2D eigenvalue weighted by Crippen LogP contribution is 2.37. The molecule has 0 aromatic heterocycles. The van der Waals surface area contributed by atoms with Gasteiger partial charge in [-0.05, 0) is 45.0 Å². The highest BCUT2D eigenvalue weighted by atomic mass is 16.5. The van der Waals surface area contributed by atoms with Crippen molar-refractivity contribution in [2.24, 2.45) is 0 Å². The molecule has 2 unspecified atom stereocenters. The number of carboxylic acids is 1. The molecule has 2 atom stereocenters. The molecule has 1 N–H and O–H groups in total. The Morgan fingerprint density at radius 3 is 2.68 bits per heavy atom. The number of hydrogen-bond acceptors (Lipinski definition) is 5. The lowest BCUT2D eigenvalue weighted by molar-refractivity contribution is -0.142. The van der Waals surface area contributed by atoms with E-state index in [-0.39, 0.29) is 6.10 Å². The number of carboxylic acid groups (broad SMARTS) is 1. The number of amides is 1. The van der Waals surface area contributed by atoms with Crippen LogP contribution >= 0.6 is 0 Å². The quantitative estimate of drug-likeness (QED) is 0.893. The van der Waals surface area contributed by atoms with Crippen LogP contribution in [0, 0.1) is 11.3 Å². The zero-order chi connectivity index (χ0) is 18.1. The molecule has 2 aliphatic heterocycles. The second kappa shape index (κ2) is 6.73. The summed E-state index contributed by atoms with van der Waals surface area (Å²) < 4.78 is 6.02. The average molecular weight is 343 g/mol. The van der Waals surface area contributed by atoms with Crippen LogP contribution in [0.2, 0.25) is 0 Å². The maximum atomic E-state index is 12.5. The van der Waals surface area contributed by atoms with Crippen LogP contribution in [0.15, 0.2) is 18.2 Å². The Labute approximate surface area is 146 Å². The molecule has 1 aromatic rings. The van der Waals surface area contributed by atoms with Crippen LogP contribution < -0.4 is 4.74 Å². The molecule has 3 rings (SSSR count). The summed E-state index contributed by atoms with van der Waals surface area (Å²) >= 11 is 0. The second-order valence-electron chi connectivity index (χ2n) is 6.63. The van der Waals surface area contributed by atoms with Crippen molar-refractivity contribution in [1.82, 2.24) is 9.80 Å². The third-order valence-corrected chi connectivity index (χ3v) is 4.93. The third-order valence-electron chi connectivity index (χ3n) is 4.93. The highest BCUT2D eigenvalue weighted by molar-refractivity contribution is 6.01. The van der Waals surface area contributed by atoms with Gasteiger partial charge in [-0.15, -0.1) is 0 Å². The van der Waals surface area contributed by atoms with Gasteiger partial charge in [-0.1, -0.05) is 0 Å². The largest absolute Gasteiger partial charge is 0.490 e. The molecular weight excluding hydrogens is 322 g/mol. The standard InChI is InChI=1S/C18H21N3O4/c1-11(18(23)24)21-16(10-19)15-9-13(3-4-14(15)17(21)22)25-12-5-7-20(2)8-6-12/h3-4,9,11-12,16H,5-8H2,1-2H3,(H,23,24). The molecule has 1 saturated heterocycles. The highest BCUT2D eigenvalue weighted by Gasteiger charge is 2.42. The Bertz CT molecular complexity index is 734. The van der Waals surface area contributed by atoms with E-state index in [0.717, 1.165) is 30.8 Å². The zero-order valence-electron chi connectivity index (χ0n) is 14.3. The smallest absolute Gasteiger partial charge is 0.326 e. The lowest BCUT2D eigenvalue weighted by atomic mass is 10.0. The molecule has 7 nitrogen and oxygen atoms in total. The molecule has 0 aliphatic carbocycles. The van der Waals surface area contributed by atoms with Gasteiger partial charge in [0.05, 0.1) is 6.07 Å². The minimum atomic E-state index is -1.13. The Kier molecular flexibility index (Phi) is 4.64. The summed E-state index contributed by atoms with van der Waals surface area (Å²) in [6, 6.07) is 5.13. The van der Waals surface area contributed by atoms with Gasteiger partial charge in [-0.2, -0.15) is 5.26 Å². The van der Waals surface area contributed by atoms with E-state index in [1.165, 1.54) is 6.92 Å². The number of nitriles is 1. The minimum absolute atomic E-state index is 0.112. The number of ether oxygens (including phenoxy) is 1. The molecule has 0 saturated carbocycles. The van der Waals surface area contributed by atoms with E-state index in [9.17, 15) is 20.0 Å². The SMILES string of the molecule is CC(C(=O)O)N1C(=O)c2ccc(OC3CCN(C)CC3)cc2C1C#N. The van der Waals surface area contributed by atoms with Gasteiger partial charge in [-0.3, -0.25) is 4.79 Å². The summed E-state index contributed by atoms with van der Waals surface area (Å²) in [5.74, 6) is -0.947. The monoisotopic (exact) mass is 343 g/mol. The second-order valence-corrected chi connectivity index (χ2v) is 6.63. The van der Waals surface area contributed by atoms with Crippen molar-refractivity contribution in [3.8, 4) is 11.8 Å². The normalized spacial score (nSPS) is 22.4. The van der Waals surface area contributed by atoms with E-state index < -0.39 is 24.0 Å². The fourth-order valence-corrected chi connectivity index (χ4v) is 3.39. The average Bonchev–Trinajstić information content (AvgIpc) is 2.87. The van der Waals surface area contributed by atoms with Crippen molar-refractivity contribution in [2.75, 3.05) is 20.1 Å². The van der Waals surface area contributed by atoms with E-state index in [0.29, 0.717) is 16.9 Å². The maximum Gasteiger partial charge on any atom is 0.326 e. The Morgan fingerprint density at radius 2 is 2.08 bits per heavy atom. The molecule has 1 fully saturated rings. The summed E-state index contributed by atoms with van der Waals surface area (Å²) in [7, 11) is 2.08. The fraction of sp³-hybridized carbons (Fsp3) is 0.500. The first kappa shape index (κ1) is 17.2. The molecule has 2 aliphatic rings. The van der Waals surface area contributed by atoms with Crippen LogP contribution in [0.5, 0.6) is 5.75 Å². The van der Waals surface area contributed by atoms with Crippen molar-refractivity contribution in [1.29, 1.82) is 5.26 Å². The molecule has 25 heavy (non-hydrogen) atoms. The summed E-state index contributed by atoms with van der Waals surface area (Å²) in [5.41, 5.74) is 0.890. The zero-order valence-corrected chi connectivity index (χ0v) is 14.3. The molecule has 2 heterocycles. The van der Waals surface area contributed by atoms with Crippen LogP contribution in [0.3, 0.4) is 0 Å². The lowest BCUT2D eigenvalue weighted by Crippen LogP contribution is -2.41. The molecule has 0 spiro atoms. The minimum Gasteiger partial charge on any atom is -0.490 e. The van der Waals surface area contributed by atoms with Gasteiger partial charge in [-0.25, -0.2) is 4.79 Å². The van der Waals surface area contributed by atoms with Crippen molar-refractivity contribution in [2.45, 2.75) is 38.0 Å². The number of benzene rings is 1. The van der Waals surface area contributed by atoms with E-state index in [1.54, 1.807) is 18.2 Å². The predicted octanol–water partition coefficient (Wildman–Crippen LogP) is 1.65. The van der Waals surface area contributed by atoms with E-state index in [4.69, 9.17) is 4.74 Å². The molecule has 7 heteroatoms. The Hall–Kier alpha value is -2.59. The number of fused-ring (bicyclic) bond motifs is 1. The first-order valence-electron chi connectivity index (χ1n) is 8.36. The number of piperidine rings is 1.